The van der Waals surface area contributed by atoms with Crippen LogP contribution in [-0.4, -0.2) is 36.6 Å². The van der Waals surface area contributed by atoms with Gasteiger partial charge in [0.05, 0.1) is 23.0 Å². The minimum absolute atomic E-state index is 0.771. The molecule has 0 radical (unpaired) electrons. The molecular formula is C12H22ClN3O. The molecule has 5 heteroatoms. The lowest BCUT2D eigenvalue weighted by atomic mass is 10.2. The Kier molecular flexibility index (Phi) is 6.55. The third-order valence-corrected chi connectivity index (χ3v) is 3.25. The highest BCUT2D eigenvalue weighted by atomic mass is 35.5. The van der Waals surface area contributed by atoms with Gasteiger partial charge in [0.15, 0.2) is 0 Å². The monoisotopic (exact) mass is 259 g/mol. The van der Waals surface area contributed by atoms with Crippen LogP contribution < -0.4 is 5.32 Å². The molecule has 17 heavy (non-hydrogen) atoms. The Balaban J connectivity index is 2.18. The normalized spacial score (nSPS) is 11.1. The molecule has 0 aliphatic rings. The Hall–Kier alpha value is -0.580. The Labute approximate surface area is 108 Å². The van der Waals surface area contributed by atoms with E-state index in [-0.39, 0.29) is 0 Å². The summed E-state index contributed by atoms with van der Waals surface area (Å²) in [6.45, 7) is 4.66. The van der Waals surface area contributed by atoms with E-state index < -0.39 is 0 Å². The van der Waals surface area contributed by atoms with E-state index in [0.717, 1.165) is 55.4 Å². The Morgan fingerprint density at radius 3 is 2.71 bits per heavy atom. The van der Waals surface area contributed by atoms with Crippen LogP contribution in [0.25, 0.3) is 0 Å². The fraction of sp³-hybridized carbons (Fsp3) is 0.750. The molecule has 1 heterocycles. The average Bonchev–Trinajstić information content (AvgIpc) is 2.54. The van der Waals surface area contributed by atoms with Gasteiger partial charge in [-0.3, -0.25) is 4.68 Å². The van der Waals surface area contributed by atoms with E-state index in [1.807, 2.05) is 18.7 Å². The summed E-state index contributed by atoms with van der Waals surface area (Å²) >= 11 is 6.18. The molecule has 0 aliphatic heterocycles. The second-order valence-corrected chi connectivity index (χ2v) is 4.55. The second-order valence-electron chi connectivity index (χ2n) is 4.17. The summed E-state index contributed by atoms with van der Waals surface area (Å²) in [4.78, 5) is 0. The SMILES string of the molecule is COCCNCCCCc1c(Cl)c(C)nn1C. The van der Waals surface area contributed by atoms with E-state index in [4.69, 9.17) is 16.3 Å². The third-order valence-electron chi connectivity index (χ3n) is 2.76. The maximum atomic E-state index is 6.18. The number of unbranched alkanes of at least 4 members (excludes halogenated alkanes) is 1. The van der Waals surface area contributed by atoms with E-state index >= 15 is 0 Å². The number of methoxy groups -OCH3 is 1. The molecule has 0 saturated heterocycles. The number of ether oxygens (including phenoxy) is 1. The molecule has 1 rings (SSSR count). The second kappa shape index (κ2) is 7.69. The summed E-state index contributed by atoms with van der Waals surface area (Å²) in [6.07, 6.45) is 3.26. The highest BCUT2D eigenvalue weighted by Crippen LogP contribution is 2.20. The summed E-state index contributed by atoms with van der Waals surface area (Å²) in [6, 6.07) is 0. The van der Waals surface area contributed by atoms with Crippen molar-refractivity contribution in [3.05, 3.63) is 16.4 Å². The summed E-state index contributed by atoms with van der Waals surface area (Å²) in [5.74, 6) is 0. The number of halogens is 1. The summed E-state index contributed by atoms with van der Waals surface area (Å²) in [7, 11) is 3.67. The summed E-state index contributed by atoms with van der Waals surface area (Å²) in [5.41, 5.74) is 2.06. The van der Waals surface area contributed by atoms with Crippen molar-refractivity contribution < 1.29 is 4.74 Å². The van der Waals surface area contributed by atoms with Crippen LogP contribution in [0.4, 0.5) is 0 Å². The highest BCUT2D eigenvalue weighted by Gasteiger charge is 2.09. The van der Waals surface area contributed by atoms with E-state index in [2.05, 4.69) is 10.4 Å². The van der Waals surface area contributed by atoms with Crippen LogP contribution in [0.15, 0.2) is 0 Å². The lowest BCUT2D eigenvalue weighted by Gasteiger charge is -2.05. The first-order valence-electron chi connectivity index (χ1n) is 6.04. The minimum Gasteiger partial charge on any atom is -0.383 e. The standard InChI is InChI=1S/C12H22ClN3O/c1-10-12(13)11(16(2)15-10)6-4-5-7-14-8-9-17-3/h14H,4-9H2,1-3H3. The van der Waals surface area contributed by atoms with Gasteiger partial charge in [-0.05, 0) is 32.7 Å². The van der Waals surface area contributed by atoms with Gasteiger partial charge in [0, 0.05) is 20.7 Å². The quantitative estimate of drug-likeness (QED) is 0.726. The number of nitrogens with one attached hydrogen (secondary N) is 1. The highest BCUT2D eigenvalue weighted by molar-refractivity contribution is 6.31. The predicted molar refractivity (Wildman–Crippen MR) is 70.6 cm³/mol. The smallest absolute Gasteiger partial charge is 0.0846 e. The average molecular weight is 260 g/mol. The largest absolute Gasteiger partial charge is 0.383 e. The van der Waals surface area contributed by atoms with E-state index in [9.17, 15) is 0 Å². The van der Waals surface area contributed by atoms with Gasteiger partial charge >= 0.3 is 0 Å². The van der Waals surface area contributed by atoms with Crippen molar-refractivity contribution in [2.45, 2.75) is 26.2 Å². The van der Waals surface area contributed by atoms with Crippen molar-refractivity contribution in [3.8, 4) is 0 Å². The van der Waals surface area contributed by atoms with Crippen LogP contribution in [-0.2, 0) is 18.2 Å². The van der Waals surface area contributed by atoms with Crippen molar-refractivity contribution in [2.75, 3.05) is 26.8 Å². The topological polar surface area (TPSA) is 39.1 Å². The van der Waals surface area contributed by atoms with Crippen molar-refractivity contribution in [1.82, 2.24) is 15.1 Å². The zero-order valence-electron chi connectivity index (χ0n) is 10.9. The number of hydrogen-bond acceptors (Lipinski definition) is 3. The molecule has 1 N–H and O–H groups in total. The molecule has 0 aromatic carbocycles. The third kappa shape index (κ3) is 4.66. The minimum atomic E-state index is 0.771. The molecule has 0 unspecified atom stereocenters. The maximum absolute atomic E-state index is 6.18. The fourth-order valence-electron chi connectivity index (χ4n) is 1.79. The van der Waals surface area contributed by atoms with Crippen LogP contribution in [0, 0.1) is 6.92 Å². The Morgan fingerprint density at radius 1 is 1.35 bits per heavy atom. The molecule has 0 saturated carbocycles. The Bertz CT molecular complexity index is 339. The number of hydrogen-bond donors (Lipinski definition) is 1. The predicted octanol–water partition coefficient (Wildman–Crippen LogP) is 1.94. The zero-order chi connectivity index (χ0) is 12.7. The molecular weight excluding hydrogens is 238 g/mol. The lowest BCUT2D eigenvalue weighted by molar-refractivity contribution is 0.199. The summed E-state index contributed by atoms with van der Waals surface area (Å²) in [5, 5.41) is 8.45. The zero-order valence-corrected chi connectivity index (χ0v) is 11.7. The van der Waals surface area contributed by atoms with Gasteiger partial charge in [0.25, 0.3) is 0 Å². The molecule has 1 aromatic rings. The number of rotatable bonds is 8. The number of nitrogens with zero attached hydrogens (tertiary/aromatic N) is 2. The fourth-order valence-corrected chi connectivity index (χ4v) is 2.05. The van der Waals surface area contributed by atoms with Gasteiger partial charge in [-0.25, -0.2) is 0 Å². The Morgan fingerprint density at radius 2 is 2.12 bits per heavy atom. The van der Waals surface area contributed by atoms with Crippen LogP contribution >= 0.6 is 11.6 Å². The van der Waals surface area contributed by atoms with Gasteiger partial charge in [-0.1, -0.05) is 11.6 Å². The first-order chi connectivity index (χ1) is 8.16. The first kappa shape index (κ1) is 14.5. The van der Waals surface area contributed by atoms with Gasteiger partial charge in [0.1, 0.15) is 0 Å². The molecule has 0 atom stereocenters. The van der Waals surface area contributed by atoms with Crippen LogP contribution in [0.2, 0.25) is 5.02 Å². The maximum Gasteiger partial charge on any atom is 0.0846 e. The molecule has 0 spiro atoms. The molecule has 1 aromatic heterocycles. The van der Waals surface area contributed by atoms with E-state index in [1.165, 1.54) is 0 Å². The van der Waals surface area contributed by atoms with Crippen LogP contribution in [0.3, 0.4) is 0 Å². The van der Waals surface area contributed by atoms with Crippen molar-refractivity contribution >= 4 is 11.6 Å². The van der Waals surface area contributed by atoms with E-state index in [0.29, 0.717) is 0 Å². The van der Waals surface area contributed by atoms with E-state index in [1.54, 1.807) is 7.11 Å². The van der Waals surface area contributed by atoms with Gasteiger partial charge < -0.3 is 10.1 Å². The molecule has 4 nitrogen and oxygen atoms in total. The molecule has 0 fully saturated rings. The van der Waals surface area contributed by atoms with Crippen LogP contribution in [0.5, 0.6) is 0 Å². The molecule has 0 amide bonds. The number of aromatic nitrogens is 2. The van der Waals surface area contributed by atoms with Crippen molar-refractivity contribution in [1.29, 1.82) is 0 Å². The molecule has 0 aliphatic carbocycles. The lowest BCUT2D eigenvalue weighted by Crippen LogP contribution is -2.20. The molecule has 0 bridgehead atoms. The van der Waals surface area contributed by atoms with Gasteiger partial charge in [-0.15, -0.1) is 0 Å². The van der Waals surface area contributed by atoms with Gasteiger partial charge in [0.2, 0.25) is 0 Å². The van der Waals surface area contributed by atoms with Gasteiger partial charge in [-0.2, -0.15) is 5.10 Å². The summed E-state index contributed by atoms with van der Waals surface area (Å²) < 4.78 is 6.85. The van der Waals surface area contributed by atoms with Crippen molar-refractivity contribution in [3.63, 3.8) is 0 Å². The first-order valence-corrected chi connectivity index (χ1v) is 6.42. The van der Waals surface area contributed by atoms with Crippen LogP contribution in [0.1, 0.15) is 24.2 Å². The number of aryl methyl sites for hydroxylation is 2. The molecule has 98 valence electrons. The van der Waals surface area contributed by atoms with Crippen molar-refractivity contribution in [2.24, 2.45) is 7.05 Å².